The molecule has 2 heterocycles. The third-order valence-corrected chi connectivity index (χ3v) is 4.74. The minimum Gasteiger partial charge on any atom is -0.496 e. The number of nitrogens with zero attached hydrogens (tertiary/aromatic N) is 1. The van der Waals surface area contributed by atoms with E-state index in [1.807, 2.05) is 6.07 Å². The second kappa shape index (κ2) is 6.13. The molecule has 1 aromatic heterocycles. The lowest BCUT2D eigenvalue weighted by atomic mass is 10.2. The van der Waals surface area contributed by atoms with E-state index in [1.165, 1.54) is 16.2 Å². The number of aromatic nitrogens is 1. The molecule has 0 atom stereocenters. The number of hydrogen-bond acceptors (Lipinski definition) is 5. The highest BCUT2D eigenvalue weighted by atomic mass is 79.9. The molecule has 1 aromatic carbocycles. The molecule has 1 amide bonds. The molecular weight excluding hydrogens is 354 g/mol. The molecule has 0 saturated heterocycles. The molecule has 3 rings (SSSR count). The molecule has 0 saturated carbocycles. The van der Waals surface area contributed by atoms with Gasteiger partial charge >= 0.3 is 0 Å². The van der Waals surface area contributed by atoms with Crippen LogP contribution in [0.2, 0.25) is 0 Å². The number of carbonyl (C=O) groups is 1. The number of thiazole rings is 1. The van der Waals surface area contributed by atoms with Crippen LogP contribution in [0, 0.1) is 0 Å². The second-order valence-electron chi connectivity index (χ2n) is 4.61. The summed E-state index contributed by atoms with van der Waals surface area (Å²) < 4.78 is 6.12. The maximum Gasteiger partial charge on any atom is 0.261 e. The van der Waals surface area contributed by atoms with Gasteiger partial charge in [0.15, 0.2) is 5.13 Å². The van der Waals surface area contributed by atoms with Gasteiger partial charge in [-0.05, 0) is 18.2 Å². The van der Waals surface area contributed by atoms with Gasteiger partial charge in [-0.25, -0.2) is 4.98 Å². The first-order valence-electron chi connectivity index (χ1n) is 6.51. The predicted molar refractivity (Wildman–Crippen MR) is 86.2 cm³/mol. The van der Waals surface area contributed by atoms with Crippen molar-refractivity contribution in [2.24, 2.45) is 0 Å². The highest BCUT2D eigenvalue weighted by Gasteiger charge is 2.18. The van der Waals surface area contributed by atoms with Crippen LogP contribution in [0.4, 0.5) is 5.13 Å². The van der Waals surface area contributed by atoms with Crippen LogP contribution in [-0.4, -0.2) is 24.5 Å². The average molecular weight is 368 g/mol. The van der Waals surface area contributed by atoms with E-state index < -0.39 is 0 Å². The fourth-order valence-corrected chi connectivity index (χ4v) is 3.51. The van der Waals surface area contributed by atoms with Crippen LogP contribution in [0.5, 0.6) is 5.75 Å². The Labute approximate surface area is 134 Å². The summed E-state index contributed by atoms with van der Waals surface area (Å²) >= 11 is 4.88. The first-order valence-corrected chi connectivity index (χ1v) is 8.12. The standard InChI is InChI=1S/C14H14BrN3O2S/c1-20-11-6-8(15)2-3-9(11)13(19)18-14-17-10-4-5-16-7-12(10)21-14/h2-3,6,16H,4-5,7H2,1H3,(H,17,18,19). The number of carbonyl (C=O) groups excluding carboxylic acids is 1. The number of nitrogens with one attached hydrogen (secondary N) is 2. The highest BCUT2D eigenvalue weighted by Crippen LogP contribution is 2.28. The van der Waals surface area contributed by atoms with Gasteiger partial charge in [0.2, 0.25) is 0 Å². The summed E-state index contributed by atoms with van der Waals surface area (Å²) in [6.07, 6.45) is 0.906. The molecular formula is C14H14BrN3O2S. The number of amides is 1. The molecule has 0 spiro atoms. The zero-order valence-electron chi connectivity index (χ0n) is 11.4. The van der Waals surface area contributed by atoms with Crippen molar-refractivity contribution in [2.45, 2.75) is 13.0 Å². The number of methoxy groups -OCH3 is 1. The quantitative estimate of drug-likeness (QED) is 0.875. The molecule has 110 valence electrons. The van der Waals surface area contributed by atoms with Crippen molar-refractivity contribution in [1.29, 1.82) is 0 Å². The van der Waals surface area contributed by atoms with E-state index in [0.717, 1.165) is 29.7 Å². The monoisotopic (exact) mass is 367 g/mol. The summed E-state index contributed by atoms with van der Waals surface area (Å²) in [6.45, 7) is 1.76. The molecule has 7 heteroatoms. The Kier molecular flexibility index (Phi) is 4.23. The molecule has 2 aromatic rings. The van der Waals surface area contributed by atoms with Gasteiger partial charge in [0, 0.05) is 28.9 Å². The van der Waals surface area contributed by atoms with Gasteiger partial charge in [0.05, 0.1) is 18.4 Å². The van der Waals surface area contributed by atoms with Gasteiger partial charge in [-0.1, -0.05) is 15.9 Å². The Morgan fingerprint density at radius 1 is 1.52 bits per heavy atom. The third-order valence-electron chi connectivity index (χ3n) is 3.23. The molecule has 0 aliphatic carbocycles. The number of hydrogen-bond donors (Lipinski definition) is 2. The second-order valence-corrected chi connectivity index (χ2v) is 6.61. The van der Waals surface area contributed by atoms with Gasteiger partial charge in [-0.15, -0.1) is 11.3 Å². The summed E-state index contributed by atoms with van der Waals surface area (Å²) in [6, 6.07) is 5.31. The first-order chi connectivity index (χ1) is 10.2. The van der Waals surface area contributed by atoms with Crippen LogP contribution in [0.1, 0.15) is 20.9 Å². The Balaban J connectivity index is 1.81. The normalized spacial score (nSPS) is 13.6. The zero-order valence-corrected chi connectivity index (χ0v) is 13.8. The predicted octanol–water partition coefficient (Wildman–Crippen LogP) is 2.81. The number of anilines is 1. The van der Waals surface area contributed by atoms with Gasteiger partial charge in [0.1, 0.15) is 5.75 Å². The lowest BCUT2D eigenvalue weighted by molar-refractivity contribution is 0.102. The van der Waals surface area contributed by atoms with Crippen molar-refractivity contribution in [3.63, 3.8) is 0 Å². The first kappa shape index (κ1) is 14.5. The van der Waals surface area contributed by atoms with Crippen molar-refractivity contribution >= 4 is 38.3 Å². The van der Waals surface area contributed by atoms with Crippen LogP contribution < -0.4 is 15.4 Å². The maximum absolute atomic E-state index is 12.4. The van der Waals surface area contributed by atoms with Crippen molar-refractivity contribution in [3.8, 4) is 5.75 Å². The molecule has 0 bridgehead atoms. The topological polar surface area (TPSA) is 63.2 Å². The number of rotatable bonds is 3. The van der Waals surface area contributed by atoms with E-state index in [2.05, 4.69) is 31.5 Å². The summed E-state index contributed by atoms with van der Waals surface area (Å²) in [7, 11) is 1.55. The molecule has 0 unspecified atom stereocenters. The number of halogens is 1. The lowest BCUT2D eigenvalue weighted by Gasteiger charge is -2.09. The minimum absolute atomic E-state index is 0.210. The van der Waals surface area contributed by atoms with Gasteiger partial charge in [-0.3, -0.25) is 10.1 Å². The molecule has 0 radical (unpaired) electrons. The summed E-state index contributed by atoms with van der Waals surface area (Å²) in [5.74, 6) is 0.322. The molecule has 2 N–H and O–H groups in total. The Bertz CT molecular complexity index is 663. The van der Waals surface area contributed by atoms with Crippen LogP contribution in [0.3, 0.4) is 0 Å². The Morgan fingerprint density at radius 3 is 3.14 bits per heavy atom. The molecule has 1 aliphatic heterocycles. The zero-order chi connectivity index (χ0) is 14.8. The molecule has 0 fully saturated rings. The van der Waals surface area contributed by atoms with E-state index in [1.54, 1.807) is 19.2 Å². The Hall–Kier alpha value is -1.44. The number of ether oxygens (including phenoxy) is 1. The van der Waals surface area contributed by atoms with Gasteiger partial charge in [-0.2, -0.15) is 0 Å². The van der Waals surface area contributed by atoms with Crippen molar-refractivity contribution in [2.75, 3.05) is 19.0 Å². The van der Waals surface area contributed by atoms with E-state index in [0.29, 0.717) is 16.4 Å². The number of fused-ring (bicyclic) bond motifs is 1. The van der Waals surface area contributed by atoms with Crippen LogP contribution in [-0.2, 0) is 13.0 Å². The minimum atomic E-state index is -0.210. The molecule has 5 nitrogen and oxygen atoms in total. The van der Waals surface area contributed by atoms with Crippen molar-refractivity contribution in [3.05, 3.63) is 38.8 Å². The van der Waals surface area contributed by atoms with Crippen molar-refractivity contribution < 1.29 is 9.53 Å². The summed E-state index contributed by atoms with van der Waals surface area (Å²) in [5, 5.41) is 6.79. The fraction of sp³-hybridized carbons (Fsp3) is 0.286. The van der Waals surface area contributed by atoms with Crippen molar-refractivity contribution in [1.82, 2.24) is 10.3 Å². The maximum atomic E-state index is 12.4. The fourth-order valence-electron chi connectivity index (χ4n) is 2.20. The van der Waals surface area contributed by atoms with Gasteiger partial charge in [0.25, 0.3) is 5.91 Å². The summed E-state index contributed by atoms with van der Waals surface area (Å²) in [5.41, 5.74) is 1.57. The smallest absolute Gasteiger partial charge is 0.261 e. The average Bonchev–Trinajstić information content (AvgIpc) is 2.88. The lowest BCUT2D eigenvalue weighted by Crippen LogP contribution is -2.22. The van der Waals surface area contributed by atoms with Gasteiger partial charge < -0.3 is 10.1 Å². The highest BCUT2D eigenvalue weighted by molar-refractivity contribution is 9.10. The van der Waals surface area contributed by atoms with Crippen LogP contribution >= 0.6 is 27.3 Å². The van der Waals surface area contributed by atoms with Crippen LogP contribution in [0.15, 0.2) is 22.7 Å². The number of benzene rings is 1. The molecule has 21 heavy (non-hydrogen) atoms. The van der Waals surface area contributed by atoms with E-state index in [4.69, 9.17) is 4.74 Å². The van der Waals surface area contributed by atoms with E-state index >= 15 is 0 Å². The third kappa shape index (κ3) is 3.09. The largest absolute Gasteiger partial charge is 0.496 e. The SMILES string of the molecule is COc1cc(Br)ccc1C(=O)Nc1nc2c(s1)CNCC2. The summed E-state index contributed by atoms with van der Waals surface area (Å²) in [4.78, 5) is 18.0. The molecule has 1 aliphatic rings. The van der Waals surface area contributed by atoms with E-state index in [-0.39, 0.29) is 5.91 Å². The Morgan fingerprint density at radius 2 is 2.38 bits per heavy atom. The van der Waals surface area contributed by atoms with E-state index in [9.17, 15) is 4.79 Å². The van der Waals surface area contributed by atoms with Crippen LogP contribution in [0.25, 0.3) is 0 Å².